The highest BCUT2D eigenvalue weighted by Gasteiger charge is 2.18. The lowest BCUT2D eigenvalue weighted by atomic mass is 10.2. The van der Waals surface area contributed by atoms with Gasteiger partial charge in [-0.05, 0) is 62.2 Å². The zero-order valence-electron chi connectivity index (χ0n) is 19.8. The summed E-state index contributed by atoms with van der Waals surface area (Å²) in [6, 6.07) is 6.50. The number of unbranched alkanes of at least 4 members (excludes halogenated alkanes) is 4. The van der Waals surface area contributed by atoms with Gasteiger partial charge in [0, 0.05) is 35.5 Å². The number of nitrogens with one attached hydrogen (secondary N) is 1. The highest BCUT2D eigenvalue weighted by molar-refractivity contribution is 7.99. The van der Waals surface area contributed by atoms with Crippen molar-refractivity contribution in [1.29, 1.82) is 0 Å². The molecule has 0 fully saturated rings. The van der Waals surface area contributed by atoms with Crippen molar-refractivity contribution in [3.8, 4) is 0 Å². The van der Waals surface area contributed by atoms with E-state index < -0.39 is 0 Å². The second-order valence-corrected chi connectivity index (χ2v) is 9.73. The summed E-state index contributed by atoms with van der Waals surface area (Å²) in [7, 11) is 0. The van der Waals surface area contributed by atoms with Gasteiger partial charge in [0.05, 0.1) is 6.20 Å². The van der Waals surface area contributed by atoms with Crippen molar-refractivity contribution in [2.24, 2.45) is 5.73 Å². The molecule has 0 bridgehead atoms. The van der Waals surface area contributed by atoms with Gasteiger partial charge in [-0.25, -0.2) is 4.68 Å². The summed E-state index contributed by atoms with van der Waals surface area (Å²) in [4.78, 5) is 14.0. The molecule has 2 heterocycles. The van der Waals surface area contributed by atoms with Gasteiger partial charge >= 0.3 is 0 Å². The third-order valence-electron chi connectivity index (χ3n) is 5.42. The first-order valence-corrected chi connectivity index (χ1v) is 13.8. The minimum Gasteiger partial charge on any atom is -0.330 e. The van der Waals surface area contributed by atoms with E-state index in [0.29, 0.717) is 6.54 Å². The Morgan fingerprint density at radius 2 is 2.03 bits per heavy atom. The van der Waals surface area contributed by atoms with Crippen molar-refractivity contribution < 1.29 is 4.79 Å². The van der Waals surface area contributed by atoms with Gasteiger partial charge in [-0.2, -0.15) is 5.10 Å². The number of aryl methyl sites for hydroxylation is 2. The highest BCUT2D eigenvalue weighted by Crippen LogP contribution is 2.31. The van der Waals surface area contributed by atoms with Gasteiger partial charge in [0.15, 0.2) is 0 Å². The highest BCUT2D eigenvalue weighted by atomic mass is 32.2. The van der Waals surface area contributed by atoms with Crippen molar-refractivity contribution in [3.05, 3.63) is 35.5 Å². The van der Waals surface area contributed by atoms with E-state index in [0.717, 1.165) is 43.8 Å². The first kappa shape index (κ1) is 26.6. The van der Waals surface area contributed by atoms with Crippen LogP contribution in [0.4, 0.5) is 11.5 Å². The Labute approximate surface area is 202 Å². The molecule has 6 nitrogen and oxygen atoms in total. The third-order valence-corrected chi connectivity index (χ3v) is 6.90. The molecule has 1 aromatic heterocycles. The molecule has 1 aromatic carbocycles. The van der Waals surface area contributed by atoms with Crippen LogP contribution in [0.1, 0.15) is 56.6 Å². The maximum absolute atomic E-state index is 10.9. The zero-order chi connectivity index (χ0) is 23.2. The number of benzene rings is 1. The van der Waals surface area contributed by atoms with E-state index in [2.05, 4.69) is 34.9 Å². The lowest BCUT2D eigenvalue weighted by Gasteiger charge is -2.10. The molecule has 3 rings (SSSR count). The molecule has 8 heteroatoms. The summed E-state index contributed by atoms with van der Waals surface area (Å²) < 4.78 is 5.17. The van der Waals surface area contributed by atoms with Gasteiger partial charge in [0.25, 0.3) is 0 Å². The monoisotopic (exact) mass is 477 g/mol. The fourth-order valence-electron chi connectivity index (χ4n) is 3.62. The number of carbonyl (C=O) groups excluding carboxylic acids is 1. The molecule has 1 aliphatic heterocycles. The molecule has 0 unspecified atom stereocenters. The second-order valence-electron chi connectivity index (χ2n) is 7.95. The number of amides is 1. The van der Waals surface area contributed by atoms with E-state index in [-0.39, 0.29) is 0 Å². The Balaban J connectivity index is 0.000000244. The van der Waals surface area contributed by atoms with Crippen LogP contribution in [-0.2, 0) is 17.8 Å². The van der Waals surface area contributed by atoms with Crippen molar-refractivity contribution in [2.75, 3.05) is 34.7 Å². The number of fused-ring (bicyclic) bond motifs is 1. The molecule has 2 aromatic rings. The van der Waals surface area contributed by atoms with Crippen molar-refractivity contribution >= 4 is 41.6 Å². The Bertz CT molecular complexity index is 812. The molecule has 32 heavy (non-hydrogen) atoms. The Morgan fingerprint density at radius 1 is 1.22 bits per heavy atom. The van der Waals surface area contributed by atoms with Crippen LogP contribution in [0.5, 0.6) is 0 Å². The summed E-state index contributed by atoms with van der Waals surface area (Å²) in [5.74, 6) is 2.29. The van der Waals surface area contributed by atoms with Gasteiger partial charge in [0.1, 0.15) is 5.82 Å². The molecule has 3 N–H and O–H groups in total. The van der Waals surface area contributed by atoms with Crippen LogP contribution in [0.3, 0.4) is 0 Å². The fraction of sp³-hybridized carbons (Fsp3) is 0.583. The molecule has 0 spiro atoms. The molecule has 0 saturated carbocycles. The average molecular weight is 478 g/mol. The molecule has 0 aliphatic carbocycles. The molecular weight excluding hydrogens is 438 g/mol. The Morgan fingerprint density at radius 3 is 2.75 bits per heavy atom. The van der Waals surface area contributed by atoms with E-state index in [1.807, 2.05) is 35.8 Å². The van der Waals surface area contributed by atoms with Crippen LogP contribution >= 0.6 is 23.7 Å². The smallest absolute Gasteiger partial charge is 0.214 e. The van der Waals surface area contributed by atoms with E-state index in [9.17, 15) is 4.79 Å². The number of hydrogen-bond donors (Lipinski definition) is 2. The second kappa shape index (κ2) is 15.2. The number of anilines is 2. The molecule has 1 amide bonds. The quantitative estimate of drug-likeness (QED) is 0.172. The Hall–Kier alpha value is -1.64. The summed E-state index contributed by atoms with van der Waals surface area (Å²) in [5.41, 5.74) is 9.03. The molecular formula is C24H39N5OS2. The van der Waals surface area contributed by atoms with E-state index in [1.54, 1.807) is 16.8 Å². The molecule has 0 saturated heterocycles. The normalized spacial score (nSPS) is 12.3. The van der Waals surface area contributed by atoms with Crippen molar-refractivity contribution in [1.82, 2.24) is 9.78 Å². The lowest BCUT2D eigenvalue weighted by molar-refractivity contribution is -0.107. The van der Waals surface area contributed by atoms with Crippen LogP contribution in [0.2, 0.25) is 0 Å². The molecule has 1 aliphatic rings. The number of carbonyl (C=O) groups is 1. The van der Waals surface area contributed by atoms with Gasteiger partial charge in [0.2, 0.25) is 6.41 Å². The number of thioether (sulfide) groups is 1. The number of aromatic nitrogens is 2. The van der Waals surface area contributed by atoms with Crippen molar-refractivity contribution in [3.63, 3.8) is 0 Å². The summed E-state index contributed by atoms with van der Waals surface area (Å²) in [6.07, 6.45) is 13.5. The van der Waals surface area contributed by atoms with E-state index in [1.165, 1.54) is 53.9 Å². The topological polar surface area (TPSA) is 76.2 Å². The van der Waals surface area contributed by atoms with Gasteiger partial charge in [-0.15, -0.1) is 11.8 Å². The first-order chi connectivity index (χ1) is 15.6. The maximum Gasteiger partial charge on any atom is 0.214 e. The lowest BCUT2D eigenvalue weighted by Crippen LogP contribution is -2.17. The van der Waals surface area contributed by atoms with E-state index in [4.69, 9.17) is 5.73 Å². The van der Waals surface area contributed by atoms with Crippen LogP contribution in [0.25, 0.3) is 0 Å². The molecule has 178 valence electrons. The fourth-order valence-corrected chi connectivity index (χ4v) is 5.05. The maximum atomic E-state index is 10.9. The van der Waals surface area contributed by atoms with Crippen LogP contribution < -0.4 is 15.4 Å². The summed E-state index contributed by atoms with van der Waals surface area (Å²) >= 11 is 3.53. The largest absolute Gasteiger partial charge is 0.330 e. The number of hydrogen-bond acceptors (Lipinski definition) is 6. The van der Waals surface area contributed by atoms with Gasteiger partial charge in [-0.1, -0.05) is 44.6 Å². The third kappa shape index (κ3) is 8.37. The minimum atomic E-state index is 0.706. The van der Waals surface area contributed by atoms with Gasteiger partial charge < -0.3 is 15.4 Å². The number of nitrogens with zero attached hydrogens (tertiary/aromatic N) is 3. The summed E-state index contributed by atoms with van der Waals surface area (Å²) in [5, 5.41) is 4.26. The first-order valence-electron chi connectivity index (χ1n) is 11.6. The standard InChI is InChI=1S/C16H23NOS.C8H16N4S/c1-2-3-4-5-6-11-19-15-7-8-16-14(12-15)9-10-17(16)13-18;1-7-6-10-12(5-3-4-9)8(7)11-13-2/h7-8,12-13H,2-6,9-11H2,1H3;6,11H,3-5,9H2,1-2H3. The SMILES string of the molecule is CCCCCCCSc1ccc2c(c1)CCN2C=O.CSNc1c(C)cnn1CCCN. The van der Waals surface area contributed by atoms with Crippen LogP contribution in [0.15, 0.2) is 29.3 Å². The minimum absolute atomic E-state index is 0.706. The predicted octanol–water partition coefficient (Wildman–Crippen LogP) is 5.50. The Kier molecular flexibility index (Phi) is 12.7. The molecule has 0 atom stereocenters. The number of rotatable bonds is 13. The van der Waals surface area contributed by atoms with Crippen molar-refractivity contribution in [2.45, 2.75) is 70.2 Å². The predicted molar refractivity (Wildman–Crippen MR) is 141 cm³/mol. The zero-order valence-corrected chi connectivity index (χ0v) is 21.4. The average Bonchev–Trinajstić information content (AvgIpc) is 3.38. The van der Waals surface area contributed by atoms with Crippen LogP contribution in [-0.4, -0.2) is 41.3 Å². The summed E-state index contributed by atoms with van der Waals surface area (Å²) in [6.45, 7) is 6.72. The van der Waals surface area contributed by atoms with E-state index >= 15 is 0 Å². The van der Waals surface area contributed by atoms with Crippen LogP contribution in [0, 0.1) is 6.92 Å². The number of nitrogens with two attached hydrogens (primary N) is 1. The van der Waals surface area contributed by atoms with Gasteiger partial charge in [-0.3, -0.25) is 4.79 Å². The molecule has 0 radical (unpaired) electrons.